The molecule has 1 aromatic heterocycles. The molecule has 3 heteroatoms. The molecule has 102 valence electrons. The molecule has 0 amide bonds. The zero-order valence-electron chi connectivity index (χ0n) is 11.6. The number of hydrogen-bond donors (Lipinski definition) is 1. The standard InChI is InChI=1S/C15H25NS2/c1-3-16-15(13-9-12(2)17-10-13)11-18-14-7-5-4-6-8-14/h9-10,14-16H,3-8,11H2,1-2H3. The van der Waals surface area contributed by atoms with Crippen LogP contribution in [0.2, 0.25) is 0 Å². The van der Waals surface area contributed by atoms with Crippen molar-refractivity contribution in [2.24, 2.45) is 0 Å². The van der Waals surface area contributed by atoms with Gasteiger partial charge in [0, 0.05) is 21.9 Å². The molecule has 1 aliphatic rings. The zero-order chi connectivity index (χ0) is 12.8. The van der Waals surface area contributed by atoms with Crippen molar-refractivity contribution in [3.63, 3.8) is 0 Å². The molecule has 0 radical (unpaired) electrons. The molecule has 1 unspecified atom stereocenters. The van der Waals surface area contributed by atoms with E-state index >= 15 is 0 Å². The van der Waals surface area contributed by atoms with Gasteiger partial charge in [-0.1, -0.05) is 26.2 Å². The van der Waals surface area contributed by atoms with Crippen molar-refractivity contribution in [2.45, 2.75) is 57.2 Å². The van der Waals surface area contributed by atoms with Gasteiger partial charge in [-0.25, -0.2) is 0 Å². The normalized spacial score (nSPS) is 19.0. The van der Waals surface area contributed by atoms with Crippen LogP contribution in [-0.4, -0.2) is 17.5 Å². The van der Waals surface area contributed by atoms with E-state index in [9.17, 15) is 0 Å². The molecule has 1 N–H and O–H groups in total. The Morgan fingerprint density at radius 3 is 2.78 bits per heavy atom. The average molecular weight is 284 g/mol. The van der Waals surface area contributed by atoms with Gasteiger partial charge in [-0.15, -0.1) is 11.3 Å². The lowest BCUT2D eigenvalue weighted by Gasteiger charge is -2.24. The second-order valence-corrected chi connectivity index (χ2v) is 7.64. The number of hydrogen-bond acceptors (Lipinski definition) is 3. The number of rotatable bonds is 6. The zero-order valence-corrected chi connectivity index (χ0v) is 13.2. The molecular formula is C15H25NS2. The lowest BCUT2D eigenvalue weighted by molar-refractivity contribution is 0.514. The van der Waals surface area contributed by atoms with E-state index in [-0.39, 0.29) is 0 Å². The van der Waals surface area contributed by atoms with E-state index < -0.39 is 0 Å². The highest BCUT2D eigenvalue weighted by molar-refractivity contribution is 7.99. The molecule has 1 fully saturated rings. The van der Waals surface area contributed by atoms with Crippen LogP contribution in [0.3, 0.4) is 0 Å². The van der Waals surface area contributed by atoms with E-state index in [1.165, 1.54) is 48.3 Å². The van der Waals surface area contributed by atoms with Crippen LogP contribution in [0.5, 0.6) is 0 Å². The summed E-state index contributed by atoms with van der Waals surface area (Å²) in [7, 11) is 0. The maximum absolute atomic E-state index is 3.64. The summed E-state index contributed by atoms with van der Waals surface area (Å²) in [4.78, 5) is 1.43. The smallest absolute Gasteiger partial charge is 0.0420 e. The van der Waals surface area contributed by atoms with E-state index in [2.05, 4.69) is 42.4 Å². The summed E-state index contributed by atoms with van der Waals surface area (Å²) in [5, 5.41) is 6.88. The Kier molecular flexibility index (Phi) is 6.06. The van der Waals surface area contributed by atoms with Crippen molar-refractivity contribution in [1.29, 1.82) is 0 Å². The van der Waals surface area contributed by atoms with E-state index in [1.807, 2.05) is 11.3 Å². The highest BCUT2D eigenvalue weighted by Crippen LogP contribution is 2.31. The number of thiophene rings is 1. The summed E-state index contributed by atoms with van der Waals surface area (Å²) in [6, 6.07) is 2.89. The number of nitrogens with one attached hydrogen (secondary N) is 1. The Bertz CT molecular complexity index is 342. The Labute approximate surface area is 120 Å². The van der Waals surface area contributed by atoms with Crippen LogP contribution in [0.25, 0.3) is 0 Å². The first-order valence-corrected chi connectivity index (χ1v) is 9.12. The largest absolute Gasteiger partial charge is 0.309 e. The molecule has 2 rings (SSSR count). The predicted octanol–water partition coefficient (Wildman–Crippen LogP) is 4.77. The molecule has 1 aromatic rings. The topological polar surface area (TPSA) is 12.0 Å². The molecule has 1 atom stereocenters. The summed E-state index contributed by atoms with van der Waals surface area (Å²) in [5.41, 5.74) is 1.49. The van der Waals surface area contributed by atoms with Crippen molar-refractivity contribution >= 4 is 23.1 Å². The third-order valence-corrected chi connectivity index (χ3v) is 6.00. The van der Waals surface area contributed by atoms with Gasteiger partial charge in [0.05, 0.1) is 0 Å². The fourth-order valence-corrected chi connectivity index (χ4v) is 4.83. The number of aryl methyl sites for hydroxylation is 1. The minimum Gasteiger partial charge on any atom is -0.309 e. The molecule has 0 spiro atoms. The van der Waals surface area contributed by atoms with Gasteiger partial charge in [0.15, 0.2) is 0 Å². The molecule has 0 bridgehead atoms. The first-order chi connectivity index (χ1) is 8.79. The van der Waals surface area contributed by atoms with Gasteiger partial charge in [-0.05, 0) is 43.3 Å². The van der Waals surface area contributed by atoms with Crippen LogP contribution in [0.4, 0.5) is 0 Å². The van der Waals surface area contributed by atoms with Crippen LogP contribution in [0.15, 0.2) is 11.4 Å². The third-order valence-electron chi connectivity index (χ3n) is 3.65. The Morgan fingerprint density at radius 2 is 2.17 bits per heavy atom. The molecule has 18 heavy (non-hydrogen) atoms. The molecule has 1 aliphatic carbocycles. The van der Waals surface area contributed by atoms with Crippen molar-refractivity contribution in [1.82, 2.24) is 5.32 Å². The summed E-state index contributed by atoms with van der Waals surface area (Å²) in [6.07, 6.45) is 7.22. The first-order valence-electron chi connectivity index (χ1n) is 7.19. The maximum Gasteiger partial charge on any atom is 0.0420 e. The summed E-state index contributed by atoms with van der Waals surface area (Å²) in [6.45, 7) is 5.47. The first kappa shape index (κ1) is 14.4. The van der Waals surface area contributed by atoms with Crippen molar-refractivity contribution in [3.05, 3.63) is 21.9 Å². The average Bonchev–Trinajstić information content (AvgIpc) is 2.82. The van der Waals surface area contributed by atoms with Gasteiger partial charge in [-0.3, -0.25) is 0 Å². The van der Waals surface area contributed by atoms with E-state index in [4.69, 9.17) is 0 Å². The Morgan fingerprint density at radius 1 is 1.39 bits per heavy atom. The fourth-order valence-electron chi connectivity index (χ4n) is 2.63. The highest BCUT2D eigenvalue weighted by atomic mass is 32.2. The predicted molar refractivity (Wildman–Crippen MR) is 84.8 cm³/mol. The van der Waals surface area contributed by atoms with Gasteiger partial charge >= 0.3 is 0 Å². The second-order valence-electron chi connectivity index (χ2n) is 5.19. The van der Waals surface area contributed by atoms with Crippen LogP contribution in [0, 0.1) is 6.92 Å². The quantitative estimate of drug-likeness (QED) is 0.807. The van der Waals surface area contributed by atoms with E-state index in [0.717, 1.165) is 11.8 Å². The lowest BCUT2D eigenvalue weighted by atomic mass is 10.0. The molecule has 0 aromatic carbocycles. The van der Waals surface area contributed by atoms with Gasteiger partial charge in [0.25, 0.3) is 0 Å². The van der Waals surface area contributed by atoms with Gasteiger partial charge in [0.1, 0.15) is 0 Å². The van der Waals surface area contributed by atoms with Gasteiger partial charge in [0.2, 0.25) is 0 Å². The summed E-state index contributed by atoms with van der Waals surface area (Å²) in [5.74, 6) is 1.23. The van der Waals surface area contributed by atoms with Crippen molar-refractivity contribution in [2.75, 3.05) is 12.3 Å². The fraction of sp³-hybridized carbons (Fsp3) is 0.733. The maximum atomic E-state index is 3.64. The summed E-state index contributed by atoms with van der Waals surface area (Å²) >= 11 is 4.06. The molecule has 1 heterocycles. The molecule has 0 aliphatic heterocycles. The third kappa shape index (κ3) is 4.29. The van der Waals surface area contributed by atoms with Crippen LogP contribution in [-0.2, 0) is 0 Å². The second kappa shape index (κ2) is 7.56. The monoisotopic (exact) mass is 283 g/mol. The minimum atomic E-state index is 0.548. The van der Waals surface area contributed by atoms with Crippen LogP contribution in [0.1, 0.15) is 55.5 Å². The Balaban J connectivity index is 1.85. The van der Waals surface area contributed by atoms with Gasteiger partial charge in [-0.2, -0.15) is 11.8 Å². The van der Waals surface area contributed by atoms with Gasteiger partial charge < -0.3 is 5.32 Å². The SMILES string of the molecule is CCNC(CSC1CCCCC1)c1csc(C)c1. The highest BCUT2D eigenvalue weighted by Gasteiger charge is 2.17. The van der Waals surface area contributed by atoms with Crippen molar-refractivity contribution in [3.8, 4) is 0 Å². The van der Waals surface area contributed by atoms with Crippen LogP contribution < -0.4 is 5.32 Å². The summed E-state index contributed by atoms with van der Waals surface area (Å²) < 4.78 is 0. The molecule has 0 saturated heterocycles. The lowest BCUT2D eigenvalue weighted by Crippen LogP contribution is -2.24. The number of thioether (sulfide) groups is 1. The van der Waals surface area contributed by atoms with Crippen LogP contribution >= 0.6 is 23.1 Å². The molecular weight excluding hydrogens is 258 g/mol. The van der Waals surface area contributed by atoms with E-state index in [1.54, 1.807) is 0 Å². The Hall–Kier alpha value is 0.0100. The van der Waals surface area contributed by atoms with E-state index in [0.29, 0.717) is 6.04 Å². The van der Waals surface area contributed by atoms with Crippen molar-refractivity contribution < 1.29 is 0 Å². The molecule has 1 nitrogen and oxygen atoms in total. The molecule has 1 saturated carbocycles. The minimum absolute atomic E-state index is 0.548.